The van der Waals surface area contributed by atoms with Crippen molar-refractivity contribution in [1.82, 2.24) is 9.78 Å². The van der Waals surface area contributed by atoms with Gasteiger partial charge in [-0.1, -0.05) is 6.07 Å². The maximum absolute atomic E-state index is 11.9. The Morgan fingerprint density at radius 2 is 2.21 bits per heavy atom. The van der Waals surface area contributed by atoms with Gasteiger partial charge in [0.15, 0.2) is 0 Å². The number of carbonyl (C=O) groups excluding carboxylic acids is 1. The van der Waals surface area contributed by atoms with E-state index in [4.69, 9.17) is 5.26 Å². The van der Waals surface area contributed by atoms with Gasteiger partial charge in [0.1, 0.15) is 6.54 Å². The molecule has 0 saturated carbocycles. The number of hydrogen-bond donors (Lipinski definition) is 1. The Morgan fingerprint density at radius 1 is 1.42 bits per heavy atom. The van der Waals surface area contributed by atoms with E-state index in [1.54, 1.807) is 28.9 Å². The molecule has 1 aromatic carbocycles. The van der Waals surface area contributed by atoms with Crippen LogP contribution in [0.3, 0.4) is 0 Å². The van der Waals surface area contributed by atoms with Crippen LogP contribution in [0.2, 0.25) is 0 Å². The Balaban J connectivity index is 2.05. The van der Waals surface area contributed by atoms with Gasteiger partial charge in [-0.15, -0.1) is 0 Å². The first kappa shape index (κ1) is 12.8. The molecule has 2 aromatic rings. The minimum Gasteiger partial charge on any atom is -0.324 e. The van der Waals surface area contributed by atoms with Crippen molar-refractivity contribution in [2.24, 2.45) is 0 Å². The molecule has 96 valence electrons. The van der Waals surface area contributed by atoms with Crippen LogP contribution in [0.4, 0.5) is 5.69 Å². The van der Waals surface area contributed by atoms with Crippen LogP contribution in [-0.4, -0.2) is 15.7 Å². The third-order valence-electron chi connectivity index (χ3n) is 2.67. The molecule has 1 amide bonds. The summed E-state index contributed by atoms with van der Waals surface area (Å²) >= 11 is 0. The van der Waals surface area contributed by atoms with Gasteiger partial charge in [0, 0.05) is 11.4 Å². The van der Waals surface area contributed by atoms with Crippen LogP contribution in [0.25, 0.3) is 0 Å². The predicted octanol–water partition coefficient (Wildman–Crippen LogP) is 2.01. The Labute approximate surface area is 111 Å². The standard InChI is InChI=1S/C14H14N4O/c1-10-6-11(2)18(17-10)9-14(19)16-13-5-3-4-12(7-13)8-15/h3-7H,9H2,1-2H3,(H,16,19). The number of nitriles is 1. The highest BCUT2D eigenvalue weighted by Gasteiger charge is 2.07. The van der Waals surface area contributed by atoms with Gasteiger partial charge in [0.2, 0.25) is 5.91 Å². The van der Waals surface area contributed by atoms with E-state index < -0.39 is 0 Å². The molecule has 5 nitrogen and oxygen atoms in total. The van der Waals surface area contributed by atoms with E-state index >= 15 is 0 Å². The Kier molecular flexibility index (Phi) is 3.62. The molecule has 1 aromatic heterocycles. The second-order valence-electron chi connectivity index (χ2n) is 4.33. The average molecular weight is 254 g/mol. The fraction of sp³-hybridized carbons (Fsp3) is 0.214. The lowest BCUT2D eigenvalue weighted by atomic mass is 10.2. The third kappa shape index (κ3) is 3.19. The summed E-state index contributed by atoms with van der Waals surface area (Å²) in [5.41, 5.74) is 2.96. The molecule has 0 aliphatic heterocycles. The average Bonchev–Trinajstić information content (AvgIpc) is 2.68. The molecular weight excluding hydrogens is 240 g/mol. The zero-order valence-corrected chi connectivity index (χ0v) is 10.8. The maximum atomic E-state index is 11.9. The highest BCUT2D eigenvalue weighted by atomic mass is 16.2. The summed E-state index contributed by atoms with van der Waals surface area (Å²) in [6.45, 7) is 3.96. The number of hydrogen-bond acceptors (Lipinski definition) is 3. The molecular formula is C14H14N4O. The highest BCUT2D eigenvalue weighted by molar-refractivity contribution is 5.90. The van der Waals surface area contributed by atoms with Gasteiger partial charge in [0.05, 0.1) is 17.3 Å². The van der Waals surface area contributed by atoms with Gasteiger partial charge in [-0.25, -0.2) is 0 Å². The lowest BCUT2D eigenvalue weighted by Crippen LogP contribution is -2.20. The van der Waals surface area contributed by atoms with Crippen molar-refractivity contribution >= 4 is 11.6 Å². The van der Waals surface area contributed by atoms with Crippen LogP contribution in [0.1, 0.15) is 17.0 Å². The van der Waals surface area contributed by atoms with Gasteiger partial charge < -0.3 is 5.32 Å². The molecule has 0 fully saturated rings. The van der Waals surface area contributed by atoms with Gasteiger partial charge in [-0.3, -0.25) is 9.48 Å². The maximum Gasteiger partial charge on any atom is 0.246 e. The molecule has 0 unspecified atom stereocenters. The molecule has 19 heavy (non-hydrogen) atoms. The van der Waals surface area contributed by atoms with E-state index in [-0.39, 0.29) is 12.5 Å². The number of benzene rings is 1. The summed E-state index contributed by atoms with van der Waals surface area (Å²) in [5.74, 6) is -0.165. The first-order chi connectivity index (χ1) is 9.08. The van der Waals surface area contributed by atoms with Crippen molar-refractivity contribution in [1.29, 1.82) is 5.26 Å². The van der Waals surface area contributed by atoms with Crippen LogP contribution in [-0.2, 0) is 11.3 Å². The van der Waals surface area contributed by atoms with Crippen LogP contribution >= 0.6 is 0 Å². The zero-order chi connectivity index (χ0) is 13.8. The van der Waals surface area contributed by atoms with Crippen molar-refractivity contribution < 1.29 is 4.79 Å². The van der Waals surface area contributed by atoms with Crippen LogP contribution in [0.15, 0.2) is 30.3 Å². The Bertz CT molecular complexity index is 652. The van der Waals surface area contributed by atoms with E-state index in [1.807, 2.05) is 26.0 Å². The van der Waals surface area contributed by atoms with Crippen molar-refractivity contribution in [2.75, 3.05) is 5.32 Å². The van der Waals surface area contributed by atoms with Crippen molar-refractivity contribution in [2.45, 2.75) is 20.4 Å². The van der Waals surface area contributed by atoms with Crippen LogP contribution < -0.4 is 5.32 Å². The molecule has 0 aliphatic carbocycles. The molecule has 1 heterocycles. The summed E-state index contributed by atoms with van der Waals surface area (Å²) in [4.78, 5) is 11.9. The Hall–Kier alpha value is -2.61. The summed E-state index contributed by atoms with van der Waals surface area (Å²) in [5, 5.41) is 15.8. The minimum atomic E-state index is -0.165. The molecule has 0 radical (unpaired) electrons. The molecule has 0 aliphatic rings. The van der Waals surface area contributed by atoms with Crippen molar-refractivity contribution in [3.05, 3.63) is 47.3 Å². The van der Waals surface area contributed by atoms with Gasteiger partial charge >= 0.3 is 0 Å². The first-order valence-electron chi connectivity index (χ1n) is 5.89. The monoisotopic (exact) mass is 254 g/mol. The molecule has 0 bridgehead atoms. The number of aryl methyl sites for hydroxylation is 2. The number of carbonyl (C=O) groups is 1. The van der Waals surface area contributed by atoms with Crippen LogP contribution in [0.5, 0.6) is 0 Å². The number of amides is 1. The largest absolute Gasteiger partial charge is 0.324 e. The van der Waals surface area contributed by atoms with Gasteiger partial charge in [0.25, 0.3) is 0 Å². The smallest absolute Gasteiger partial charge is 0.246 e. The quantitative estimate of drug-likeness (QED) is 0.910. The molecule has 2 rings (SSSR count). The van der Waals surface area contributed by atoms with E-state index in [0.29, 0.717) is 11.3 Å². The fourth-order valence-electron chi connectivity index (χ4n) is 1.84. The number of anilines is 1. The highest BCUT2D eigenvalue weighted by Crippen LogP contribution is 2.10. The molecule has 0 saturated heterocycles. The fourth-order valence-corrected chi connectivity index (χ4v) is 1.84. The lowest BCUT2D eigenvalue weighted by molar-refractivity contribution is -0.116. The van der Waals surface area contributed by atoms with Crippen LogP contribution in [0, 0.1) is 25.2 Å². The number of rotatable bonds is 3. The van der Waals surface area contributed by atoms with Crippen molar-refractivity contribution in [3.8, 4) is 6.07 Å². The first-order valence-corrected chi connectivity index (χ1v) is 5.89. The molecule has 5 heteroatoms. The predicted molar refractivity (Wildman–Crippen MR) is 71.5 cm³/mol. The zero-order valence-electron chi connectivity index (χ0n) is 10.8. The second kappa shape index (κ2) is 5.36. The lowest BCUT2D eigenvalue weighted by Gasteiger charge is -2.06. The summed E-state index contributed by atoms with van der Waals surface area (Å²) in [6, 6.07) is 10.8. The van der Waals surface area contributed by atoms with Gasteiger partial charge in [-0.05, 0) is 38.1 Å². The molecule has 0 atom stereocenters. The summed E-state index contributed by atoms with van der Waals surface area (Å²) in [6.07, 6.45) is 0. The number of nitrogens with one attached hydrogen (secondary N) is 1. The van der Waals surface area contributed by atoms with E-state index in [1.165, 1.54) is 0 Å². The Morgan fingerprint density at radius 3 is 2.84 bits per heavy atom. The van der Waals surface area contributed by atoms with E-state index in [2.05, 4.69) is 10.4 Å². The number of nitrogens with zero attached hydrogens (tertiary/aromatic N) is 3. The third-order valence-corrected chi connectivity index (χ3v) is 2.67. The SMILES string of the molecule is Cc1cc(C)n(CC(=O)Nc2cccc(C#N)c2)n1. The minimum absolute atomic E-state index is 0.163. The summed E-state index contributed by atoms with van der Waals surface area (Å²) in [7, 11) is 0. The molecule has 0 spiro atoms. The van der Waals surface area contributed by atoms with E-state index in [0.717, 1.165) is 11.4 Å². The normalized spacial score (nSPS) is 9.95. The summed E-state index contributed by atoms with van der Waals surface area (Å²) < 4.78 is 1.65. The topological polar surface area (TPSA) is 70.7 Å². The van der Waals surface area contributed by atoms with Gasteiger partial charge in [-0.2, -0.15) is 10.4 Å². The van der Waals surface area contributed by atoms with E-state index in [9.17, 15) is 4.79 Å². The number of aromatic nitrogens is 2. The second-order valence-corrected chi connectivity index (χ2v) is 4.33. The molecule has 1 N–H and O–H groups in total. The van der Waals surface area contributed by atoms with Crippen molar-refractivity contribution in [3.63, 3.8) is 0 Å².